The minimum Gasteiger partial charge on any atom is -0.368 e. The zero-order chi connectivity index (χ0) is 24.4. The number of halogens is 1. The number of carbonyl (C=O) groups excluding carboxylic acids is 1. The van der Waals surface area contributed by atoms with Gasteiger partial charge in [0.1, 0.15) is 0 Å². The molecule has 0 N–H and O–H groups in total. The maximum atomic E-state index is 13.2. The predicted molar refractivity (Wildman–Crippen MR) is 139 cm³/mol. The average Bonchev–Trinajstić information content (AvgIpc) is 3.39. The molecular weight excluding hydrogens is 462 g/mol. The molecule has 0 aliphatic carbocycles. The molecule has 0 unspecified atom stereocenters. The van der Waals surface area contributed by atoms with Crippen molar-refractivity contribution in [2.24, 2.45) is 5.92 Å². The Balaban J connectivity index is 1.13. The molecule has 1 amide bonds. The fourth-order valence-corrected chi connectivity index (χ4v) is 5.10. The van der Waals surface area contributed by atoms with Gasteiger partial charge in [-0.3, -0.25) is 4.79 Å². The molecule has 2 fully saturated rings. The second kappa shape index (κ2) is 10.3. The van der Waals surface area contributed by atoms with E-state index in [1.165, 1.54) is 5.56 Å². The number of carbonyl (C=O) groups is 1. The summed E-state index contributed by atoms with van der Waals surface area (Å²) in [5.74, 6) is 1.41. The zero-order valence-corrected chi connectivity index (χ0v) is 21.1. The normalized spacial score (nSPS) is 17.3. The lowest BCUT2D eigenvalue weighted by Crippen LogP contribution is -2.51. The van der Waals surface area contributed by atoms with Gasteiger partial charge < -0.3 is 19.2 Å². The van der Waals surface area contributed by atoms with Gasteiger partial charge in [0.05, 0.1) is 0 Å². The minimum atomic E-state index is 0.0509. The first kappa shape index (κ1) is 23.7. The van der Waals surface area contributed by atoms with E-state index in [1.807, 2.05) is 35.2 Å². The van der Waals surface area contributed by atoms with Crippen molar-refractivity contribution in [3.05, 3.63) is 59.1 Å². The highest BCUT2D eigenvalue weighted by Gasteiger charge is 2.32. The number of amides is 1. The van der Waals surface area contributed by atoms with E-state index in [0.717, 1.165) is 68.4 Å². The molecule has 0 spiro atoms. The number of hydrogen-bond donors (Lipinski definition) is 0. The zero-order valence-electron chi connectivity index (χ0n) is 20.4. The third-order valence-corrected chi connectivity index (χ3v) is 7.37. The summed E-state index contributed by atoms with van der Waals surface area (Å²) < 4.78 is 5.57. The largest absolute Gasteiger partial charge is 0.368 e. The highest BCUT2D eigenvalue weighted by molar-refractivity contribution is 6.30. The van der Waals surface area contributed by atoms with Crippen molar-refractivity contribution in [3.63, 3.8) is 0 Å². The van der Waals surface area contributed by atoms with Crippen LogP contribution in [0.1, 0.15) is 38.2 Å². The highest BCUT2D eigenvalue weighted by Crippen LogP contribution is 2.27. The van der Waals surface area contributed by atoms with Crippen LogP contribution in [0.25, 0.3) is 11.4 Å². The van der Waals surface area contributed by atoms with E-state index < -0.39 is 0 Å². The summed E-state index contributed by atoms with van der Waals surface area (Å²) in [6.45, 7) is 8.98. The molecule has 1 aromatic heterocycles. The van der Waals surface area contributed by atoms with Gasteiger partial charge in [0.2, 0.25) is 11.7 Å². The Labute approximate surface area is 211 Å². The standard InChI is InChI=1S/C27H32ClN5O2/c1-19(2)20-6-8-21(9-7-20)25-29-27(35-30-25)33-12-10-22(11-13-33)26(34)32-16-14-31(15-17-32)24-5-3-4-23(28)18-24/h3-9,18-19,22H,10-17H2,1-2H3. The summed E-state index contributed by atoms with van der Waals surface area (Å²) >= 11 is 6.14. The van der Waals surface area contributed by atoms with Crippen LogP contribution in [0.5, 0.6) is 0 Å². The SMILES string of the molecule is CC(C)c1ccc(-c2noc(N3CCC(C(=O)N4CCN(c5cccc(Cl)c5)CC4)CC3)n2)cc1. The van der Waals surface area contributed by atoms with Gasteiger partial charge in [-0.2, -0.15) is 4.98 Å². The van der Waals surface area contributed by atoms with Crippen LogP contribution in [-0.4, -0.2) is 60.2 Å². The van der Waals surface area contributed by atoms with Gasteiger partial charge in [-0.25, -0.2) is 0 Å². The second-order valence-electron chi connectivity index (χ2n) is 9.73. The number of aromatic nitrogens is 2. The van der Waals surface area contributed by atoms with Gasteiger partial charge in [0.15, 0.2) is 0 Å². The summed E-state index contributed by atoms with van der Waals surface area (Å²) in [5.41, 5.74) is 3.36. The second-order valence-corrected chi connectivity index (χ2v) is 10.2. The fraction of sp³-hybridized carbons (Fsp3) is 0.444. The lowest BCUT2D eigenvalue weighted by Gasteiger charge is -2.39. The van der Waals surface area contributed by atoms with Gasteiger partial charge in [-0.15, -0.1) is 0 Å². The van der Waals surface area contributed by atoms with Crippen molar-refractivity contribution >= 4 is 29.2 Å². The molecule has 3 heterocycles. The number of piperidine rings is 1. The minimum absolute atomic E-state index is 0.0509. The van der Waals surface area contributed by atoms with Crippen molar-refractivity contribution in [3.8, 4) is 11.4 Å². The Morgan fingerprint density at radius 2 is 1.69 bits per heavy atom. The van der Waals surface area contributed by atoms with E-state index in [0.29, 0.717) is 17.8 Å². The van der Waals surface area contributed by atoms with Crippen LogP contribution in [0.2, 0.25) is 5.02 Å². The fourth-order valence-electron chi connectivity index (χ4n) is 4.91. The van der Waals surface area contributed by atoms with E-state index in [2.05, 4.69) is 52.0 Å². The van der Waals surface area contributed by atoms with E-state index in [4.69, 9.17) is 16.1 Å². The molecule has 0 bridgehead atoms. The van der Waals surface area contributed by atoms with Crippen molar-refractivity contribution in [2.75, 3.05) is 49.1 Å². The molecule has 7 nitrogen and oxygen atoms in total. The first-order valence-electron chi connectivity index (χ1n) is 12.5. The van der Waals surface area contributed by atoms with Crippen LogP contribution in [0.3, 0.4) is 0 Å². The third kappa shape index (κ3) is 5.30. The molecule has 2 aliphatic rings. The topological polar surface area (TPSA) is 65.7 Å². The maximum Gasteiger partial charge on any atom is 0.324 e. The van der Waals surface area contributed by atoms with Gasteiger partial charge >= 0.3 is 6.01 Å². The molecule has 0 atom stereocenters. The molecule has 8 heteroatoms. The first-order valence-corrected chi connectivity index (χ1v) is 12.8. The Kier molecular flexibility index (Phi) is 6.95. The Bertz CT molecular complexity index is 1150. The molecule has 2 aliphatic heterocycles. The first-order chi connectivity index (χ1) is 17.0. The summed E-state index contributed by atoms with van der Waals surface area (Å²) in [6.07, 6.45) is 1.60. The molecule has 35 heavy (non-hydrogen) atoms. The number of piperazine rings is 1. The van der Waals surface area contributed by atoms with Gasteiger partial charge in [0, 0.05) is 61.5 Å². The number of hydrogen-bond acceptors (Lipinski definition) is 6. The number of benzene rings is 2. The van der Waals surface area contributed by atoms with Crippen LogP contribution in [0, 0.1) is 5.92 Å². The summed E-state index contributed by atoms with van der Waals surface area (Å²) in [7, 11) is 0. The predicted octanol–water partition coefficient (Wildman–Crippen LogP) is 5.08. The van der Waals surface area contributed by atoms with Crippen molar-refractivity contribution < 1.29 is 9.32 Å². The third-order valence-electron chi connectivity index (χ3n) is 7.13. The molecular formula is C27H32ClN5O2. The Hall–Kier alpha value is -3.06. The summed E-state index contributed by atoms with van der Waals surface area (Å²) in [5, 5.41) is 4.93. The smallest absolute Gasteiger partial charge is 0.324 e. The van der Waals surface area contributed by atoms with E-state index in [9.17, 15) is 4.79 Å². The molecule has 0 radical (unpaired) electrons. The summed E-state index contributed by atoms with van der Waals surface area (Å²) in [4.78, 5) is 24.2. The van der Waals surface area contributed by atoms with E-state index in [1.54, 1.807) is 0 Å². The maximum absolute atomic E-state index is 13.2. The quantitative estimate of drug-likeness (QED) is 0.494. The number of nitrogens with zero attached hydrogens (tertiary/aromatic N) is 5. The Morgan fingerprint density at radius 3 is 2.34 bits per heavy atom. The lowest BCUT2D eigenvalue weighted by atomic mass is 9.95. The summed E-state index contributed by atoms with van der Waals surface area (Å²) in [6, 6.07) is 16.8. The number of rotatable bonds is 5. The highest BCUT2D eigenvalue weighted by atomic mass is 35.5. The van der Waals surface area contributed by atoms with Crippen molar-refractivity contribution in [1.29, 1.82) is 0 Å². The van der Waals surface area contributed by atoms with Crippen LogP contribution in [0.15, 0.2) is 53.1 Å². The van der Waals surface area contributed by atoms with Crippen LogP contribution < -0.4 is 9.80 Å². The van der Waals surface area contributed by atoms with Crippen molar-refractivity contribution in [1.82, 2.24) is 15.0 Å². The molecule has 5 rings (SSSR count). The molecule has 184 valence electrons. The molecule has 0 saturated carbocycles. The van der Waals surface area contributed by atoms with E-state index >= 15 is 0 Å². The molecule has 2 aromatic carbocycles. The molecule has 2 saturated heterocycles. The monoisotopic (exact) mass is 493 g/mol. The van der Waals surface area contributed by atoms with E-state index in [-0.39, 0.29) is 11.8 Å². The Morgan fingerprint density at radius 1 is 0.971 bits per heavy atom. The number of anilines is 2. The average molecular weight is 494 g/mol. The van der Waals surface area contributed by atoms with Crippen LogP contribution >= 0.6 is 11.6 Å². The van der Waals surface area contributed by atoms with Gasteiger partial charge in [0.25, 0.3) is 0 Å². The van der Waals surface area contributed by atoms with Gasteiger partial charge in [-0.1, -0.05) is 60.9 Å². The van der Waals surface area contributed by atoms with Crippen LogP contribution in [0.4, 0.5) is 11.7 Å². The lowest BCUT2D eigenvalue weighted by molar-refractivity contribution is -0.136. The molecule has 3 aromatic rings. The van der Waals surface area contributed by atoms with Crippen LogP contribution in [-0.2, 0) is 4.79 Å². The van der Waals surface area contributed by atoms with Gasteiger partial charge in [-0.05, 0) is 42.5 Å². The van der Waals surface area contributed by atoms with Crippen molar-refractivity contribution in [2.45, 2.75) is 32.6 Å².